The van der Waals surface area contributed by atoms with Crippen LogP contribution in [0.15, 0.2) is 48.5 Å². The number of nitrogens with zero attached hydrogens (tertiary/aromatic N) is 2. The highest BCUT2D eigenvalue weighted by molar-refractivity contribution is 5.95. The number of amides is 2. The van der Waals surface area contributed by atoms with E-state index in [1.807, 2.05) is 60.9 Å². The molecular weight excluding hydrogens is 508 g/mol. The van der Waals surface area contributed by atoms with Crippen molar-refractivity contribution in [2.75, 3.05) is 60.2 Å². The van der Waals surface area contributed by atoms with Gasteiger partial charge in [0.1, 0.15) is 0 Å². The highest BCUT2D eigenvalue weighted by Gasteiger charge is 2.32. The van der Waals surface area contributed by atoms with Crippen LogP contribution >= 0.6 is 0 Å². The van der Waals surface area contributed by atoms with E-state index >= 15 is 0 Å². The Bertz CT molecular complexity index is 1060. The van der Waals surface area contributed by atoms with E-state index in [0.29, 0.717) is 49.9 Å². The fraction of sp³-hybridized carbons (Fsp3) is 0.548. The van der Waals surface area contributed by atoms with E-state index in [9.17, 15) is 9.59 Å². The second kappa shape index (κ2) is 16.2. The van der Waals surface area contributed by atoms with E-state index in [4.69, 9.17) is 14.2 Å². The Morgan fingerprint density at radius 3 is 2.50 bits per heavy atom. The maximum Gasteiger partial charge on any atom is 0.254 e. The largest absolute Gasteiger partial charge is 0.493 e. The lowest BCUT2D eigenvalue weighted by Crippen LogP contribution is -2.48. The number of carbonyl (C=O) groups is 2. The van der Waals surface area contributed by atoms with Gasteiger partial charge in [-0.2, -0.15) is 0 Å². The van der Waals surface area contributed by atoms with Crippen molar-refractivity contribution in [3.05, 3.63) is 59.7 Å². The van der Waals surface area contributed by atoms with Gasteiger partial charge in [-0.15, -0.1) is 0 Å². The molecule has 0 aromatic heterocycles. The zero-order chi connectivity index (χ0) is 28.9. The van der Waals surface area contributed by atoms with Crippen LogP contribution in [0.1, 0.15) is 43.1 Å². The van der Waals surface area contributed by atoms with Gasteiger partial charge in [0.2, 0.25) is 5.91 Å². The molecule has 40 heavy (non-hydrogen) atoms. The zero-order valence-electron chi connectivity index (χ0n) is 24.7. The second-order valence-electron chi connectivity index (χ2n) is 10.4. The summed E-state index contributed by atoms with van der Waals surface area (Å²) in [6, 6.07) is 15.5. The van der Waals surface area contributed by atoms with Crippen LogP contribution in [0.25, 0.3) is 0 Å². The van der Waals surface area contributed by atoms with Gasteiger partial charge in [-0.25, -0.2) is 0 Å². The fourth-order valence-corrected chi connectivity index (χ4v) is 4.93. The number of nitrogens with one attached hydrogen (secondary N) is 2. The maximum atomic E-state index is 13.7. The van der Waals surface area contributed by atoms with Crippen molar-refractivity contribution in [2.24, 2.45) is 5.92 Å². The van der Waals surface area contributed by atoms with Gasteiger partial charge in [0.25, 0.3) is 5.91 Å². The van der Waals surface area contributed by atoms with Crippen LogP contribution in [0, 0.1) is 5.92 Å². The van der Waals surface area contributed by atoms with Crippen LogP contribution in [0.4, 0.5) is 0 Å². The lowest BCUT2D eigenvalue weighted by molar-refractivity contribution is -0.130. The molecule has 0 radical (unpaired) electrons. The molecule has 2 unspecified atom stereocenters. The predicted octanol–water partition coefficient (Wildman–Crippen LogP) is 3.19. The van der Waals surface area contributed by atoms with Crippen LogP contribution in [0.3, 0.4) is 0 Å². The molecule has 220 valence electrons. The van der Waals surface area contributed by atoms with Crippen LogP contribution in [0.2, 0.25) is 0 Å². The summed E-state index contributed by atoms with van der Waals surface area (Å²) < 4.78 is 16.4. The molecule has 2 aromatic carbocycles. The predicted molar refractivity (Wildman–Crippen MR) is 157 cm³/mol. The lowest BCUT2D eigenvalue weighted by atomic mass is 10.0. The van der Waals surface area contributed by atoms with Crippen molar-refractivity contribution < 1.29 is 23.8 Å². The summed E-state index contributed by atoms with van der Waals surface area (Å²) in [6.45, 7) is 10.7. The molecule has 9 heteroatoms. The van der Waals surface area contributed by atoms with E-state index < -0.39 is 0 Å². The highest BCUT2D eigenvalue weighted by Crippen LogP contribution is 2.29. The number of ether oxygens (including phenoxy) is 3. The summed E-state index contributed by atoms with van der Waals surface area (Å²) in [7, 11) is 3.25. The number of hydrogen-bond donors (Lipinski definition) is 2. The molecule has 1 aliphatic heterocycles. The van der Waals surface area contributed by atoms with Crippen molar-refractivity contribution in [1.82, 2.24) is 20.4 Å². The first-order valence-corrected chi connectivity index (χ1v) is 14.2. The topological polar surface area (TPSA) is 92.4 Å². The SMILES string of the molecule is CCN(Cc1ccccc1)C(=O)CNC1CNCC1CN(C(=O)c1ccc(OC)c(OCCCOC)c1)C(C)C. The Labute approximate surface area is 239 Å². The Balaban J connectivity index is 1.62. The third-order valence-corrected chi connectivity index (χ3v) is 7.28. The molecule has 0 aliphatic carbocycles. The standard InChI is InChI=1S/C31H46N4O5/c1-6-34(21-24-11-8-7-9-12-24)30(36)20-33-27-19-32-18-26(27)22-35(23(2)3)31(37)25-13-14-28(39-5)29(17-25)40-16-10-15-38-4/h7-9,11-14,17,23,26-27,32-33H,6,10,15-16,18-22H2,1-5H3. The van der Waals surface area contributed by atoms with Crippen molar-refractivity contribution in [3.8, 4) is 11.5 Å². The smallest absolute Gasteiger partial charge is 0.254 e. The molecule has 1 fully saturated rings. The number of rotatable bonds is 16. The molecule has 1 heterocycles. The van der Waals surface area contributed by atoms with Crippen molar-refractivity contribution in [3.63, 3.8) is 0 Å². The van der Waals surface area contributed by atoms with Crippen molar-refractivity contribution in [2.45, 2.75) is 45.8 Å². The molecule has 0 bridgehead atoms. The Morgan fingerprint density at radius 1 is 1.05 bits per heavy atom. The van der Waals surface area contributed by atoms with Crippen LogP contribution in [0.5, 0.6) is 11.5 Å². The normalized spacial score (nSPS) is 16.6. The van der Waals surface area contributed by atoms with Gasteiger partial charge in [-0.1, -0.05) is 30.3 Å². The fourth-order valence-electron chi connectivity index (χ4n) is 4.93. The molecular formula is C31H46N4O5. The van der Waals surface area contributed by atoms with Crippen LogP contribution in [-0.4, -0.2) is 93.9 Å². The summed E-state index contributed by atoms with van der Waals surface area (Å²) in [5, 5.41) is 6.91. The molecule has 0 spiro atoms. The molecule has 1 saturated heterocycles. The summed E-state index contributed by atoms with van der Waals surface area (Å²) >= 11 is 0. The number of methoxy groups -OCH3 is 2. The summed E-state index contributed by atoms with van der Waals surface area (Å²) in [5.74, 6) is 1.33. The van der Waals surface area contributed by atoms with Gasteiger partial charge in [-0.3, -0.25) is 9.59 Å². The summed E-state index contributed by atoms with van der Waals surface area (Å²) in [6.07, 6.45) is 0.740. The third-order valence-electron chi connectivity index (χ3n) is 7.28. The number of hydrogen-bond acceptors (Lipinski definition) is 7. The van der Waals surface area contributed by atoms with Gasteiger partial charge < -0.3 is 34.6 Å². The Kier molecular flexibility index (Phi) is 12.7. The van der Waals surface area contributed by atoms with E-state index in [-0.39, 0.29) is 36.4 Å². The first kappa shape index (κ1) is 31.4. The van der Waals surface area contributed by atoms with Crippen LogP contribution < -0.4 is 20.1 Å². The summed E-state index contributed by atoms with van der Waals surface area (Å²) in [5.41, 5.74) is 1.67. The average Bonchev–Trinajstić information content (AvgIpc) is 3.42. The van der Waals surface area contributed by atoms with E-state index in [1.165, 1.54) is 0 Å². The van der Waals surface area contributed by atoms with E-state index in [0.717, 1.165) is 25.1 Å². The zero-order valence-corrected chi connectivity index (χ0v) is 24.7. The van der Waals surface area contributed by atoms with Gasteiger partial charge in [0.15, 0.2) is 11.5 Å². The monoisotopic (exact) mass is 554 g/mol. The first-order valence-electron chi connectivity index (χ1n) is 14.2. The summed E-state index contributed by atoms with van der Waals surface area (Å²) in [4.78, 5) is 30.5. The number of carbonyl (C=O) groups excluding carboxylic acids is 2. The minimum absolute atomic E-state index is 0.00464. The van der Waals surface area contributed by atoms with Crippen molar-refractivity contribution >= 4 is 11.8 Å². The molecule has 1 aliphatic rings. The van der Waals surface area contributed by atoms with E-state index in [2.05, 4.69) is 10.6 Å². The molecule has 2 atom stereocenters. The Morgan fingerprint density at radius 2 is 1.82 bits per heavy atom. The minimum atomic E-state index is -0.0545. The van der Waals surface area contributed by atoms with Crippen molar-refractivity contribution in [1.29, 1.82) is 0 Å². The Hall–Kier alpha value is -3.14. The van der Waals surface area contributed by atoms with Gasteiger partial charge in [0, 0.05) is 76.4 Å². The lowest BCUT2D eigenvalue weighted by Gasteiger charge is -2.32. The highest BCUT2D eigenvalue weighted by atomic mass is 16.5. The molecule has 2 amide bonds. The minimum Gasteiger partial charge on any atom is -0.493 e. The number of benzene rings is 2. The van der Waals surface area contributed by atoms with E-state index in [1.54, 1.807) is 32.4 Å². The average molecular weight is 555 g/mol. The van der Waals surface area contributed by atoms with Gasteiger partial charge in [-0.05, 0) is 44.5 Å². The molecule has 3 rings (SSSR count). The van der Waals surface area contributed by atoms with Gasteiger partial charge in [0.05, 0.1) is 20.3 Å². The molecule has 0 saturated carbocycles. The van der Waals surface area contributed by atoms with Crippen LogP contribution in [-0.2, 0) is 16.1 Å². The molecule has 2 N–H and O–H groups in total. The molecule has 2 aromatic rings. The molecule has 9 nitrogen and oxygen atoms in total. The third kappa shape index (κ3) is 8.94. The van der Waals surface area contributed by atoms with Gasteiger partial charge >= 0.3 is 0 Å². The number of likely N-dealkylation sites (N-methyl/N-ethyl adjacent to an activating group) is 1. The first-order chi connectivity index (χ1) is 19.4. The maximum absolute atomic E-state index is 13.7. The quantitative estimate of drug-likeness (QED) is 0.308. The second-order valence-corrected chi connectivity index (χ2v) is 10.4.